The number of β-amino-alcohol motifs (C(OH)–C–C–N with tert-alkyl or cyclic N) is 1. The smallest absolute Gasteiger partial charge is 0.0898 e. The maximum absolute atomic E-state index is 10.5. The summed E-state index contributed by atoms with van der Waals surface area (Å²) in [5, 5.41) is 14.7. The summed E-state index contributed by atoms with van der Waals surface area (Å²) in [6.07, 6.45) is 3.50. The second-order valence-corrected chi connectivity index (χ2v) is 6.82. The second-order valence-electron chi connectivity index (χ2n) is 6.82. The summed E-state index contributed by atoms with van der Waals surface area (Å²) in [5.41, 5.74) is 1.27. The van der Waals surface area contributed by atoms with Crippen LogP contribution in [0.2, 0.25) is 0 Å². The van der Waals surface area contributed by atoms with E-state index in [1.165, 1.54) is 5.56 Å². The number of ether oxygens (including phenoxy) is 1. The molecule has 1 aliphatic heterocycles. The number of benzene rings is 1. The van der Waals surface area contributed by atoms with E-state index in [-0.39, 0.29) is 12.2 Å². The maximum Gasteiger partial charge on any atom is 0.0898 e. The van der Waals surface area contributed by atoms with Gasteiger partial charge in [-0.1, -0.05) is 30.3 Å². The van der Waals surface area contributed by atoms with Gasteiger partial charge in [0, 0.05) is 45.1 Å². The van der Waals surface area contributed by atoms with Crippen LogP contribution in [-0.2, 0) is 17.8 Å². The zero-order valence-electron chi connectivity index (χ0n) is 14.9. The third kappa shape index (κ3) is 5.93. The van der Waals surface area contributed by atoms with Gasteiger partial charge in [-0.25, -0.2) is 0 Å². The molecular weight excluding hydrogens is 316 g/mol. The Morgan fingerprint density at radius 2 is 2.16 bits per heavy atom. The Bertz CT molecular complexity index is 605. The summed E-state index contributed by atoms with van der Waals surface area (Å²) in [6, 6.07) is 12.3. The van der Waals surface area contributed by atoms with E-state index in [1.807, 2.05) is 35.1 Å². The van der Waals surface area contributed by atoms with Crippen LogP contribution in [0.15, 0.2) is 48.8 Å². The van der Waals surface area contributed by atoms with Gasteiger partial charge in [0.05, 0.1) is 25.4 Å². The molecule has 1 aromatic carbocycles. The zero-order valence-corrected chi connectivity index (χ0v) is 14.9. The van der Waals surface area contributed by atoms with Crippen LogP contribution in [-0.4, -0.2) is 76.7 Å². The van der Waals surface area contributed by atoms with E-state index in [0.29, 0.717) is 19.7 Å². The van der Waals surface area contributed by atoms with Gasteiger partial charge in [-0.2, -0.15) is 5.10 Å². The van der Waals surface area contributed by atoms with Crippen LogP contribution in [0.1, 0.15) is 5.56 Å². The van der Waals surface area contributed by atoms with Crippen molar-refractivity contribution in [3.05, 3.63) is 54.4 Å². The number of hydrogen-bond acceptors (Lipinski definition) is 5. The van der Waals surface area contributed by atoms with Crippen LogP contribution in [0.5, 0.6) is 0 Å². The normalized spacial score (nSPS) is 20.0. The van der Waals surface area contributed by atoms with Gasteiger partial charge < -0.3 is 9.84 Å². The molecule has 0 unspecified atom stereocenters. The highest BCUT2D eigenvalue weighted by atomic mass is 16.5. The lowest BCUT2D eigenvalue weighted by Gasteiger charge is -2.34. The van der Waals surface area contributed by atoms with Crippen molar-refractivity contribution in [2.24, 2.45) is 0 Å². The SMILES string of the molecule is CN(Cc1ccccc1)C[C@@H](O)CN1CCO[C@@H](Cn2cccn2)C1. The summed E-state index contributed by atoms with van der Waals surface area (Å²) < 4.78 is 7.73. The first-order valence-electron chi connectivity index (χ1n) is 8.91. The summed E-state index contributed by atoms with van der Waals surface area (Å²) >= 11 is 0. The molecule has 6 heteroatoms. The number of hydrogen-bond donors (Lipinski definition) is 1. The zero-order chi connectivity index (χ0) is 17.5. The lowest BCUT2D eigenvalue weighted by molar-refractivity contribution is -0.0504. The third-order valence-electron chi connectivity index (χ3n) is 4.46. The lowest BCUT2D eigenvalue weighted by Crippen LogP contribution is -2.48. The Labute approximate surface area is 149 Å². The number of aliphatic hydroxyl groups is 1. The van der Waals surface area contributed by atoms with Crippen molar-refractivity contribution in [3.8, 4) is 0 Å². The monoisotopic (exact) mass is 344 g/mol. The van der Waals surface area contributed by atoms with Gasteiger partial charge in [0.15, 0.2) is 0 Å². The van der Waals surface area contributed by atoms with E-state index < -0.39 is 0 Å². The van der Waals surface area contributed by atoms with Gasteiger partial charge >= 0.3 is 0 Å². The van der Waals surface area contributed by atoms with Crippen molar-refractivity contribution < 1.29 is 9.84 Å². The Morgan fingerprint density at radius 1 is 1.32 bits per heavy atom. The molecule has 0 bridgehead atoms. The highest BCUT2D eigenvalue weighted by molar-refractivity contribution is 5.14. The number of aliphatic hydroxyl groups excluding tert-OH is 1. The van der Waals surface area contributed by atoms with E-state index in [1.54, 1.807) is 6.20 Å². The van der Waals surface area contributed by atoms with Gasteiger partial charge in [-0.15, -0.1) is 0 Å². The molecule has 2 heterocycles. The molecule has 1 aromatic heterocycles. The van der Waals surface area contributed by atoms with Gasteiger partial charge in [-0.05, 0) is 18.7 Å². The van der Waals surface area contributed by atoms with Crippen LogP contribution in [0.3, 0.4) is 0 Å². The van der Waals surface area contributed by atoms with Crippen LogP contribution in [0.25, 0.3) is 0 Å². The minimum atomic E-state index is -0.364. The number of nitrogens with zero attached hydrogens (tertiary/aromatic N) is 4. The molecule has 0 radical (unpaired) electrons. The molecule has 1 N–H and O–H groups in total. The highest BCUT2D eigenvalue weighted by Crippen LogP contribution is 2.09. The van der Waals surface area contributed by atoms with Gasteiger partial charge in [-0.3, -0.25) is 14.5 Å². The van der Waals surface area contributed by atoms with Crippen LogP contribution in [0, 0.1) is 0 Å². The fourth-order valence-electron chi connectivity index (χ4n) is 3.35. The number of rotatable bonds is 8. The maximum atomic E-state index is 10.5. The van der Waals surface area contributed by atoms with E-state index >= 15 is 0 Å². The summed E-state index contributed by atoms with van der Waals surface area (Å²) in [5.74, 6) is 0. The first-order chi connectivity index (χ1) is 12.2. The first kappa shape index (κ1) is 18.1. The molecule has 3 rings (SSSR count). The molecule has 1 saturated heterocycles. The third-order valence-corrected chi connectivity index (χ3v) is 4.46. The van der Waals surface area contributed by atoms with Crippen LogP contribution < -0.4 is 0 Å². The molecule has 1 fully saturated rings. The minimum Gasteiger partial charge on any atom is -0.390 e. The molecule has 136 valence electrons. The summed E-state index contributed by atoms with van der Waals surface area (Å²) in [6.45, 7) is 5.36. The minimum absolute atomic E-state index is 0.128. The van der Waals surface area contributed by atoms with Crippen molar-refractivity contribution >= 4 is 0 Å². The Morgan fingerprint density at radius 3 is 2.92 bits per heavy atom. The average Bonchev–Trinajstić information content (AvgIpc) is 3.08. The Balaban J connectivity index is 1.41. The van der Waals surface area contributed by atoms with E-state index in [4.69, 9.17) is 4.74 Å². The summed E-state index contributed by atoms with van der Waals surface area (Å²) in [7, 11) is 2.05. The standard InChI is InChI=1S/C19H28N4O2/c1-21(12-17-6-3-2-4-7-17)13-18(24)14-22-10-11-25-19(15-22)16-23-9-5-8-20-23/h2-9,18-19,24H,10-16H2,1H3/t18-,19-/m1/s1. The second kappa shape index (κ2) is 9.10. The molecule has 0 aliphatic carbocycles. The Hall–Kier alpha value is -1.73. The number of aromatic nitrogens is 2. The molecule has 25 heavy (non-hydrogen) atoms. The summed E-state index contributed by atoms with van der Waals surface area (Å²) in [4.78, 5) is 4.46. The molecule has 1 aliphatic rings. The molecule has 0 spiro atoms. The fourth-order valence-corrected chi connectivity index (χ4v) is 3.35. The largest absolute Gasteiger partial charge is 0.390 e. The average molecular weight is 344 g/mol. The predicted octanol–water partition coefficient (Wildman–Crippen LogP) is 1.08. The van der Waals surface area contributed by atoms with Crippen molar-refractivity contribution in [3.63, 3.8) is 0 Å². The molecule has 2 atom stereocenters. The molecule has 2 aromatic rings. The van der Waals surface area contributed by atoms with Gasteiger partial charge in [0.25, 0.3) is 0 Å². The number of likely N-dealkylation sites (N-methyl/N-ethyl adjacent to an activating group) is 1. The molecular formula is C19H28N4O2. The molecule has 0 saturated carbocycles. The van der Waals surface area contributed by atoms with E-state index in [9.17, 15) is 5.11 Å². The first-order valence-corrected chi connectivity index (χ1v) is 8.91. The van der Waals surface area contributed by atoms with Gasteiger partial charge in [0.1, 0.15) is 0 Å². The van der Waals surface area contributed by atoms with Crippen molar-refractivity contribution in [1.82, 2.24) is 19.6 Å². The van der Waals surface area contributed by atoms with Crippen molar-refractivity contribution in [2.75, 3.05) is 39.8 Å². The van der Waals surface area contributed by atoms with Crippen LogP contribution >= 0.6 is 0 Å². The van der Waals surface area contributed by atoms with Crippen LogP contribution in [0.4, 0.5) is 0 Å². The highest BCUT2D eigenvalue weighted by Gasteiger charge is 2.23. The number of morpholine rings is 1. The topological polar surface area (TPSA) is 53.8 Å². The molecule has 6 nitrogen and oxygen atoms in total. The lowest BCUT2D eigenvalue weighted by atomic mass is 10.2. The van der Waals surface area contributed by atoms with E-state index in [0.717, 1.165) is 26.2 Å². The van der Waals surface area contributed by atoms with Crippen molar-refractivity contribution in [1.29, 1.82) is 0 Å². The Kier molecular flexibility index (Phi) is 6.58. The quantitative estimate of drug-likeness (QED) is 0.777. The van der Waals surface area contributed by atoms with Gasteiger partial charge in [0.2, 0.25) is 0 Å². The fraction of sp³-hybridized carbons (Fsp3) is 0.526. The van der Waals surface area contributed by atoms with Crippen molar-refractivity contribution in [2.45, 2.75) is 25.3 Å². The molecule has 0 amide bonds. The van der Waals surface area contributed by atoms with E-state index in [2.05, 4.69) is 34.1 Å². The predicted molar refractivity (Wildman–Crippen MR) is 97.2 cm³/mol.